The summed E-state index contributed by atoms with van der Waals surface area (Å²) in [7, 11) is 0. The molecule has 1 aliphatic heterocycles. The van der Waals surface area contributed by atoms with Gasteiger partial charge in [0.2, 0.25) is 0 Å². The molecule has 2 aromatic rings. The van der Waals surface area contributed by atoms with Gasteiger partial charge in [-0.05, 0) is 51.0 Å². The van der Waals surface area contributed by atoms with Crippen LogP contribution < -0.4 is 10.6 Å². The van der Waals surface area contributed by atoms with E-state index in [1.807, 2.05) is 32.0 Å². The molecule has 2 amide bonds. The lowest BCUT2D eigenvalue weighted by molar-refractivity contribution is 0.00618. The molecule has 1 saturated carbocycles. The second kappa shape index (κ2) is 6.95. The van der Waals surface area contributed by atoms with Gasteiger partial charge in [0.15, 0.2) is 0 Å². The molecule has 2 fully saturated rings. The molecular formula is C21H28N2O3. The summed E-state index contributed by atoms with van der Waals surface area (Å²) in [5.41, 5.74) is 2.19. The number of amides is 2. The van der Waals surface area contributed by atoms with Crippen LogP contribution in [0.25, 0.3) is 11.0 Å². The number of ether oxygens (including phenoxy) is 1. The van der Waals surface area contributed by atoms with Gasteiger partial charge in [-0.1, -0.05) is 24.6 Å². The van der Waals surface area contributed by atoms with E-state index >= 15 is 0 Å². The highest BCUT2D eigenvalue weighted by molar-refractivity contribution is 5.82. The molecule has 4 rings (SSSR count). The number of nitrogens with one attached hydrogen (secondary N) is 2. The van der Waals surface area contributed by atoms with Crippen molar-refractivity contribution in [3.63, 3.8) is 0 Å². The number of carbonyl (C=O) groups is 1. The third-order valence-corrected chi connectivity index (χ3v) is 6.32. The van der Waals surface area contributed by atoms with Gasteiger partial charge in [-0.2, -0.15) is 0 Å². The maximum Gasteiger partial charge on any atom is 0.315 e. The Labute approximate surface area is 154 Å². The Morgan fingerprint density at radius 3 is 2.77 bits per heavy atom. The molecule has 26 heavy (non-hydrogen) atoms. The van der Waals surface area contributed by atoms with Crippen molar-refractivity contribution < 1.29 is 13.9 Å². The predicted octanol–water partition coefficient (Wildman–Crippen LogP) is 4.45. The van der Waals surface area contributed by atoms with E-state index in [1.54, 1.807) is 0 Å². The Morgan fingerprint density at radius 2 is 2.00 bits per heavy atom. The monoisotopic (exact) mass is 356 g/mol. The number of carbonyl (C=O) groups excluding carboxylic acids is 1. The van der Waals surface area contributed by atoms with Crippen molar-refractivity contribution in [3.8, 4) is 0 Å². The Kier molecular flexibility index (Phi) is 4.65. The molecular weight excluding hydrogens is 328 g/mol. The smallest absolute Gasteiger partial charge is 0.315 e. The summed E-state index contributed by atoms with van der Waals surface area (Å²) in [6.45, 7) is 5.65. The lowest BCUT2D eigenvalue weighted by atomic mass is 9.75. The molecule has 2 aliphatic rings. The Balaban J connectivity index is 1.43. The Hall–Kier alpha value is -2.01. The van der Waals surface area contributed by atoms with Crippen molar-refractivity contribution in [3.05, 3.63) is 35.6 Å². The molecule has 0 radical (unpaired) electrons. The van der Waals surface area contributed by atoms with E-state index in [2.05, 4.69) is 16.7 Å². The largest absolute Gasteiger partial charge is 0.459 e. The standard InChI is InChI=1S/C21H28N2O3/c1-14-16-6-3-4-7-17(16)26-19(14)15(2)22-20(24)23-18-8-5-9-21(18)10-12-25-13-11-21/h3-4,6-7,15,18H,5,8-13H2,1-2H3,(H2,22,23,24)/t15-,18?/m0/s1. The second-order valence-corrected chi connectivity index (χ2v) is 7.85. The van der Waals surface area contributed by atoms with Crippen LogP contribution in [0.15, 0.2) is 28.7 Å². The number of fused-ring (bicyclic) bond motifs is 1. The predicted molar refractivity (Wildman–Crippen MR) is 101 cm³/mol. The summed E-state index contributed by atoms with van der Waals surface area (Å²) in [5.74, 6) is 0.827. The zero-order valence-electron chi connectivity index (χ0n) is 15.6. The van der Waals surface area contributed by atoms with Gasteiger partial charge in [0, 0.05) is 30.2 Å². The molecule has 1 aromatic heterocycles. The summed E-state index contributed by atoms with van der Waals surface area (Å²) < 4.78 is 11.5. The van der Waals surface area contributed by atoms with Crippen molar-refractivity contribution >= 4 is 17.0 Å². The summed E-state index contributed by atoms with van der Waals surface area (Å²) in [6.07, 6.45) is 5.54. The highest BCUT2D eigenvalue weighted by Gasteiger charge is 2.44. The van der Waals surface area contributed by atoms with Crippen LogP contribution in [0.2, 0.25) is 0 Å². The first-order valence-corrected chi connectivity index (χ1v) is 9.72. The third-order valence-electron chi connectivity index (χ3n) is 6.32. The quantitative estimate of drug-likeness (QED) is 0.854. The van der Waals surface area contributed by atoms with Gasteiger partial charge in [-0.3, -0.25) is 0 Å². The molecule has 1 aromatic carbocycles. The maximum atomic E-state index is 12.6. The molecule has 2 atom stereocenters. The number of furan rings is 1. The van der Waals surface area contributed by atoms with Crippen LogP contribution in [0.3, 0.4) is 0 Å². The van der Waals surface area contributed by atoms with E-state index < -0.39 is 0 Å². The van der Waals surface area contributed by atoms with Crippen LogP contribution in [0.4, 0.5) is 4.79 Å². The van der Waals surface area contributed by atoms with Gasteiger partial charge in [-0.25, -0.2) is 4.79 Å². The van der Waals surface area contributed by atoms with Gasteiger partial charge in [0.1, 0.15) is 11.3 Å². The minimum Gasteiger partial charge on any atom is -0.459 e. The van der Waals surface area contributed by atoms with Crippen molar-refractivity contribution in [1.82, 2.24) is 10.6 Å². The van der Waals surface area contributed by atoms with Gasteiger partial charge in [0.05, 0.1) is 6.04 Å². The van der Waals surface area contributed by atoms with E-state index in [0.717, 1.165) is 54.8 Å². The lowest BCUT2D eigenvalue weighted by Gasteiger charge is -2.39. The highest BCUT2D eigenvalue weighted by atomic mass is 16.5. The highest BCUT2D eigenvalue weighted by Crippen LogP contribution is 2.46. The molecule has 2 heterocycles. The zero-order valence-corrected chi connectivity index (χ0v) is 15.6. The van der Waals surface area contributed by atoms with E-state index in [4.69, 9.17) is 9.15 Å². The molecule has 140 valence electrons. The fourth-order valence-corrected chi connectivity index (χ4v) is 4.81. The number of para-hydroxylation sites is 1. The normalized spacial score (nSPS) is 23.2. The van der Waals surface area contributed by atoms with E-state index in [9.17, 15) is 4.79 Å². The van der Waals surface area contributed by atoms with Gasteiger partial charge in [0.25, 0.3) is 0 Å². The first-order chi connectivity index (χ1) is 12.6. The van der Waals surface area contributed by atoms with Crippen molar-refractivity contribution in [1.29, 1.82) is 0 Å². The Bertz CT molecular complexity index is 792. The van der Waals surface area contributed by atoms with E-state index in [-0.39, 0.29) is 23.5 Å². The third kappa shape index (κ3) is 3.09. The van der Waals surface area contributed by atoms with Gasteiger partial charge in [-0.15, -0.1) is 0 Å². The number of rotatable bonds is 3. The molecule has 5 heteroatoms. The molecule has 2 N–H and O–H groups in total. The number of urea groups is 1. The maximum absolute atomic E-state index is 12.6. The number of hydrogen-bond donors (Lipinski definition) is 2. The fourth-order valence-electron chi connectivity index (χ4n) is 4.81. The molecule has 1 unspecified atom stereocenters. The van der Waals surface area contributed by atoms with Gasteiger partial charge < -0.3 is 19.8 Å². The van der Waals surface area contributed by atoms with Crippen LogP contribution in [0.5, 0.6) is 0 Å². The molecule has 0 bridgehead atoms. The zero-order chi connectivity index (χ0) is 18.1. The van der Waals surface area contributed by atoms with Gasteiger partial charge >= 0.3 is 6.03 Å². The lowest BCUT2D eigenvalue weighted by Crippen LogP contribution is -2.50. The average molecular weight is 356 g/mol. The minimum absolute atomic E-state index is 0.102. The summed E-state index contributed by atoms with van der Waals surface area (Å²) in [5, 5.41) is 7.42. The van der Waals surface area contributed by atoms with Crippen LogP contribution >= 0.6 is 0 Å². The molecule has 1 aliphatic carbocycles. The number of benzene rings is 1. The van der Waals surface area contributed by atoms with Crippen molar-refractivity contribution in [2.24, 2.45) is 5.41 Å². The van der Waals surface area contributed by atoms with E-state index in [1.165, 1.54) is 12.8 Å². The van der Waals surface area contributed by atoms with Crippen LogP contribution in [-0.2, 0) is 4.74 Å². The Morgan fingerprint density at radius 1 is 1.23 bits per heavy atom. The first-order valence-electron chi connectivity index (χ1n) is 9.72. The topological polar surface area (TPSA) is 63.5 Å². The number of aryl methyl sites for hydroxylation is 1. The number of hydrogen-bond acceptors (Lipinski definition) is 3. The van der Waals surface area contributed by atoms with Crippen molar-refractivity contribution in [2.45, 2.75) is 58.0 Å². The first kappa shape index (κ1) is 17.4. The minimum atomic E-state index is -0.172. The SMILES string of the molecule is Cc1c([C@H](C)NC(=O)NC2CCCC23CCOCC3)oc2ccccc12. The molecule has 5 nitrogen and oxygen atoms in total. The fraction of sp³-hybridized carbons (Fsp3) is 0.571. The summed E-state index contributed by atoms with van der Waals surface area (Å²) in [6, 6.07) is 7.96. The van der Waals surface area contributed by atoms with Crippen LogP contribution in [0, 0.1) is 12.3 Å². The summed E-state index contributed by atoms with van der Waals surface area (Å²) in [4.78, 5) is 12.6. The second-order valence-electron chi connectivity index (χ2n) is 7.85. The molecule has 1 spiro atoms. The summed E-state index contributed by atoms with van der Waals surface area (Å²) >= 11 is 0. The van der Waals surface area contributed by atoms with Crippen LogP contribution in [0.1, 0.15) is 56.4 Å². The van der Waals surface area contributed by atoms with Crippen molar-refractivity contribution in [2.75, 3.05) is 13.2 Å². The van der Waals surface area contributed by atoms with E-state index in [0.29, 0.717) is 0 Å². The molecule has 1 saturated heterocycles. The van der Waals surface area contributed by atoms with Crippen LogP contribution in [-0.4, -0.2) is 25.3 Å². The average Bonchev–Trinajstić information content (AvgIpc) is 3.17.